The quantitative estimate of drug-likeness (QED) is 0.380. The molecule has 0 N–H and O–H groups in total. The van der Waals surface area contributed by atoms with Crippen LogP contribution in [-0.4, -0.2) is 0 Å². The summed E-state index contributed by atoms with van der Waals surface area (Å²) < 4.78 is 0. The van der Waals surface area contributed by atoms with Gasteiger partial charge in [-0.05, 0) is 195 Å². The highest BCUT2D eigenvalue weighted by Gasteiger charge is 2.78. The van der Waals surface area contributed by atoms with Gasteiger partial charge in [-0.25, -0.2) is 0 Å². The maximum Gasteiger partial charge on any atom is -0.0225 e. The summed E-state index contributed by atoms with van der Waals surface area (Å²) in [5.41, 5.74) is 0.945. The van der Waals surface area contributed by atoms with E-state index in [1.54, 1.807) is 83.5 Å². The molecule has 17 aliphatic rings. The summed E-state index contributed by atoms with van der Waals surface area (Å²) in [6.07, 6.45) is 21.8. The second kappa shape index (κ2) is 5.24. The van der Waals surface area contributed by atoms with Crippen LogP contribution in [0, 0.1) is 112 Å². The average Bonchev–Trinajstić information content (AvgIpc) is 2.81. The lowest BCUT2D eigenvalue weighted by molar-refractivity contribution is -0.347. The Labute approximate surface area is 195 Å². The van der Waals surface area contributed by atoms with Gasteiger partial charge in [-0.2, -0.15) is 0 Å². The van der Waals surface area contributed by atoms with E-state index in [1.807, 2.05) is 0 Å². The Morgan fingerprint density at radius 3 is 0.906 bits per heavy atom. The molecule has 0 aromatic rings. The molecule has 17 fully saturated rings. The van der Waals surface area contributed by atoms with E-state index in [2.05, 4.69) is 0 Å². The maximum absolute atomic E-state index is 1.71. The monoisotopic (exact) mass is 428 g/mol. The molecule has 0 saturated heterocycles. The van der Waals surface area contributed by atoms with Crippen molar-refractivity contribution in [1.82, 2.24) is 0 Å². The van der Waals surface area contributed by atoms with E-state index < -0.39 is 0 Å². The SMILES string of the molecule is C1C2C3CC4CC2C2C5CC6CC(C15)C3C2(C4)C6.C1C2CC3C4CC5CC(C14)C(C2)C3C5. The Bertz CT molecular complexity index is 742. The first-order chi connectivity index (χ1) is 15.7. The lowest BCUT2D eigenvalue weighted by atomic mass is 9.22. The van der Waals surface area contributed by atoms with E-state index in [4.69, 9.17) is 0 Å². The molecule has 17 saturated carbocycles. The van der Waals surface area contributed by atoms with E-state index >= 15 is 0 Å². The van der Waals surface area contributed by atoms with Crippen molar-refractivity contribution in [1.29, 1.82) is 0 Å². The fourth-order valence-electron chi connectivity index (χ4n) is 17.2. The van der Waals surface area contributed by atoms with Crippen LogP contribution in [0.2, 0.25) is 0 Å². The summed E-state index contributed by atoms with van der Waals surface area (Å²) in [7, 11) is 0. The van der Waals surface area contributed by atoms with Crippen molar-refractivity contribution >= 4 is 0 Å². The van der Waals surface area contributed by atoms with Crippen LogP contribution in [0.15, 0.2) is 0 Å². The van der Waals surface area contributed by atoms with Crippen LogP contribution in [0.4, 0.5) is 0 Å². The molecule has 0 aromatic carbocycles. The smallest absolute Gasteiger partial charge is 0.0225 e. The summed E-state index contributed by atoms with van der Waals surface area (Å²) >= 11 is 0. The van der Waals surface area contributed by atoms with E-state index in [9.17, 15) is 0 Å². The Hall–Kier alpha value is 0. The van der Waals surface area contributed by atoms with Gasteiger partial charge in [0.2, 0.25) is 0 Å². The lowest BCUT2D eigenvalue weighted by Gasteiger charge is -2.83. The topological polar surface area (TPSA) is 0 Å². The Balaban J connectivity index is 0.0000000950. The molecule has 0 nitrogen and oxygen atoms in total. The third-order valence-electron chi connectivity index (χ3n) is 16.6. The van der Waals surface area contributed by atoms with E-state index in [1.165, 1.54) is 107 Å². The van der Waals surface area contributed by atoms with Crippen molar-refractivity contribution in [2.24, 2.45) is 112 Å². The minimum absolute atomic E-state index is 0.945. The second-order valence-electron chi connectivity index (χ2n) is 16.7. The third-order valence-corrected chi connectivity index (χ3v) is 16.6. The number of hydrogen-bond acceptors (Lipinski definition) is 0. The predicted octanol–water partition coefficient (Wildman–Crippen LogP) is 7.29. The van der Waals surface area contributed by atoms with Crippen LogP contribution in [0.5, 0.6) is 0 Å². The normalized spacial score (nSPS) is 76.5. The van der Waals surface area contributed by atoms with Gasteiger partial charge < -0.3 is 0 Å². The molecule has 0 heterocycles. The molecule has 172 valence electrons. The highest BCUT2D eigenvalue weighted by atomic mass is 14.8. The predicted molar refractivity (Wildman–Crippen MR) is 125 cm³/mol. The largest absolute Gasteiger partial charge is 0.0470 e. The van der Waals surface area contributed by atoms with Gasteiger partial charge in [0, 0.05) is 0 Å². The molecule has 17 aliphatic carbocycles. The molecule has 0 heteroatoms. The summed E-state index contributed by atoms with van der Waals surface area (Å²) in [4.78, 5) is 0. The summed E-state index contributed by atoms with van der Waals surface area (Å²) in [5, 5.41) is 0. The molecular weight excluding hydrogens is 384 g/mol. The van der Waals surface area contributed by atoms with E-state index in [-0.39, 0.29) is 0 Å². The molecule has 32 heavy (non-hydrogen) atoms. The molecule has 0 amide bonds. The van der Waals surface area contributed by atoms with Gasteiger partial charge >= 0.3 is 0 Å². The molecule has 17 rings (SSSR count). The molecule has 0 aromatic heterocycles. The van der Waals surface area contributed by atoms with Crippen molar-refractivity contribution in [3.05, 3.63) is 0 Å². The highest BCUT2D eigenvalue weighted by Crippen LogP contribution is 2.84. The van der Waals surface area contributed by atoms with Crippen LogP contribution >= 0.6 is 0 Å². The highest BCUT2D eigenvalue weighted by molar-refractivity contribution is 5.26. The minimum atomic E-state index is 0.945. The van der Waals surface area contributed by atoms with Crippen molar-refractivity contribution in [2.45, 2.75) is 83.5 Å². The van der Waals surface area contributed by atoms with Gasteiger partial charge in [0.1, 0.15) is 0 Å². The van der Waals surface area contributed by atoms with Gasteiger partial charge in [0.25, 0.3) is 0 Å². The van der Waals surface area contributed by atoms with Gasteiger partial charge in [0.05, 0.1) is 0 Å². The fourth-order valence-corrected chi connectivity index (χ4v) is 17.2. The van der Waals surface area contributed by atoms with E-state index in [0.717, 1.165) is 5.41 Å². The van der Waals surface area contributed by atoms with Crippen LogP contribution in [-0.2, 0) is 0 Å². The summed E-state index contributed by atoms with van der Waals surface area (Å²) in [6.45, 7) is 0. The van der Waals surface area contributed by atoms with Crippen molar-refractivity contribution in [3.8, 4) is 0 Å². The van der Waals surface area contributed by atoms with Crippen LogP contribution in [0.3, 0.4) is 0 Å². The zero-order valence-electron chi connectivity index (χ0n) is 20.1. The van der Waals surface area contributed by atoms with Crippen molar-refractivity contribution in [2.75, 3.05) is 0 Å². The molecular formula is C32H44. The first-order valence-electron chi connectivity index (χ1n) is 15.7. The minimum Gasteiger partial charge on any atom is -0.0470 e. The summed E-state index contributed by atoms with van der Waals surface area (Å²) in [5.74, 6) is 22.0. The van der Waals surface area contributed by atoms with Gasteiger partial charge in [-0.3, -0.25) is 0 Å². The van der Waals surface area contributed by atoms with Crippen LogP contribution < -0.4 is 0 Å². The standard InChI is InChI=1S/C18H24.C14H20/c1-8-2-13-10-5-11-14-3-9-4-15(11)17(13)18(6-8,7-9)16(14)12(1)10;1-7-2-12-10-4-8-5-11(9(1)10)13(3-7)14(12)6-8/h8-17H,1-7H2;7-14H,1-6H2. The molecule has 0 radical (unpaired) electrons. The Morgan fingerprint density at radius 1 is 0.281 bits per heavy atom. The van der Waals surface area contributed by atoms with Crippen LogP contribution in [0.1, 0.15) is 83.5 Å². The van der Waals surface area contributed by atoms with E-state index in [0.29, 0.717) is 0 Å². The van der Waals surface area contributed by atoms with Gasteiger partial charge in [-0.15, -0.1) is 0 Å². The lowest BCUT2D eigenvalue weighted by Crippen LogP contribution is -2.77. The average molecular weight is 429 g/mol. The first-order valence-corrected chi connectivity index (χ1v) is 15.7. The number of hydrogen-bond donors (Lipinski definition) is 0. The van der Waals surface area contributed by atoms with Crippen molar-refractivity contribution in [3.63, 3.8) is 0 Å². The maximum atomic E-state index is 1.71. The Morgan fingerprint density at radius 2 is 0.562 bits per heavy atom. The van der Waals surface area contributed by atoms with Crippen LogP contribution in [0.25, 0.3) is 0 Å². The molecule has 4 atom stereocenters. The molecule has 1 spiro atoms. The molecule has 4 unspecified atom stereocenters. The van der Waals surface area contributed by atoms with Crippen molar-refractivity contribution < 1.29 is 0 Å². The zero-order chi connectivity index (χ0) is 20.1. The first kappa shape index (κ1) is 17.4. The molecule has 19 bridgehead atoms. The van der Waals surface area contributed by atoms with Gasteiger partial charge in [0.15, 0.2) is 0 Å². The van der Waals surface area contributed by atoms with Gasteiger partial charge in [-0.1, -0.05) is 0 Å². The third kappa shape index (κ3) is 1.70. The Kier molecular flexibility index (Phi) is 2.85. The fraction of sp³-hybridized carbons (Fsp3) is 1.00. The summed E-state index contributed by atoms with van der Waals surface area (Å²) in [6, 6.07) is 0. The number of rotatable bonds is 0. The second-order valence-corrected chi connectivity index (χ2v) is 16.7. The molecule has 0 aliphatic heterocycles. The zero-order valence-corrected chi connectivity index (χ0v) is 20.1.